The number of hydrogen-bond donors (Lipinski definition) is 2. The van der Waals surface area contributed by atoms with Crippen molar-refractivity contribution in [1.29, 1.82) is 0 Å². The van der Waals surface area contributed by atoms with E-state index in [1.165, 1.54) is 24.0 Å². The molecule has 1 aromatic rings. The Morgan fingerprint density at radius 3 is 2.94 bits per heavy atom. The molecule has 100 valence electrons. The van der Waals surface area contributed by atoms with E-state index in [1.54, 1.807) is 0 Å². The van der Waals surface area contributed by atoms with Gasteiger partial charge in [0.05, 0.1) is 6.61 Å². The highest BCUT2D eigenvalue weighted by Gasteiger charge is 2.11. The first-order valence-electron chi connectivity index (χ1n) is 7.00. The summed E-state index contributed by atoms with van der Waals surface area (Å²) in [5.74, 6) is 1.08. The summed E-state index contributed by atoms with van der Waals surface area (Å²) in [7, 11) is 2.00. The van der Waals surface area contributed by atoms with Crippen LogP contribution in [0.4, 0.5) is 0 Å². The van der Waals surface area contributed by atoms with Crippen molar-refractivity contribution in [1.82, 2.24) is 10.6 Å². The molecule has 1 aromatic carbocycles. The second-order valence-corrected chi connectivity index (χ2v) is 4.85. The molecule has 0 atom stereocenters. The fourth-order valence-electron chi connectivity index (χ4n) is 2.30. The minimum absolute atomic E-state index is 0.850. The van der Waals surface area contributed by atoms with E-state index in [9.17, 15) is 0 Å². The van der Waals surface area contributed by atoms with E-state index in [2.05, 4.69) is 28.8 Å². The summed E-state index contributed by atoms with van der Waals surface area (Å²) in [4.78, 5) is 0. The molecule has 0 saturated heterocycles. The fraction of sp³-hybridized carbons (Fsp3) is 0.600. The van der Waals surface area contributed by atoms with E-state index in [0.717, 1.165) is 44.8 Å². The van der Waals surface area contributed by atoms with Crippen molar-refractivity contribution in [3.05, 3.63) is 29.3 Å². The Bertz CT molecular complexity index is 366. The van der Waals surface area contributed by atoms with Gasteiger partial charge in [0, 0.05) is 6.42 Å². The van der Waals surface area contributed by atoms with Crippen LogP contribution in [0, 0.1) is 0 Å². The van der Waals surface area contributed by atoms with Crippen molar-refractivity contribution in [2.45, 2.75) is 25.7 Å². The van der Waals surface area contributed by atoms with Crippen LogP contribution in [0.2, 0.25) is 0 Å². The summed E-state index contributed by atoms with van der Waals surface area (Å²) in [6, 6.07) is 6.60. The molecule has 2 rings (SSSR count). The van der Waals surface area contributed by atoms with Crippen molar-refractivity contribution >= 4 is 0 Å². The van der Waals surface area contributed by atoms with Crippen molar-refractivity contribution in [2.75, 3.05) is 33.3 Å². The van der Waals surface area contributed by atoms with Crippen molar-refractivity contribution in [3.8, 4) is 5.75 Å². The van der Waals surface area contributed by atoms with Gasteiger partial charge in [0.1, 0.15) is 5.75 Å². The zero-order valence-corrected chi connectivity index (χ0v) is 11.3. The summed E-state index contributed by atoms with van der Waals surface area (Å²) >= 11 is 0. The van der Waals surface area contributed by atoms with Crippen molar-refractivity contribution < 1.29 is 4.74 Å². The molecule has 0 bridgehead atoms. The Morgan fingerprint density at radius 2 is 2.06 bits per heavy atom. The van der Waals surface area contributed by atoms with E-state index in [1.807, 2.05) is 7.05 Å². The molecule has 0 radical (unpaired) electrons. The van der Waals surface area contributed by atoms with Gasteiger partial charge in [0.25, 0.3) is 0 Å². The topological polar surface area (TPSA) is 33.3 Å². The third-order valence-electron chi connectivity index (χ3n) is 3.37. The number of unbranched alkanes of at least 4 members (excludes halogenated alkanes) is 1. The van der Waals surface area contributed by atoms with Crippen LogP contribution in [0.15, 0.2) is 18.2 Å². The van der Waals surface area contributed by atoms with Gasteiger partial charge in [0.15, 0.2) is 0 Å². The summed E-state index contributed by atoms with van der Waals surface area (Å²) < 4.78 is 5.51. The molecule has 18 heavy (non-hydrogen) atoms. The highest BCUT2D eigenvalue weighted by molar-refractivity contribution is 5.39. The smallest absolute Gasteiger partial charge is 0.122 e. The molecule has 2 N–H and O–H groups in total. The number of nitrogens with one attached hydrogen (secondary N) is 2. The van der Waals surface area contributed by atoms with Crippen LogP contribution in [-0.4, -0.2) is 33.3 Å². The predicted octanol–water partition coefficient (Wildman–Crippen LogP) is 1.75. The molecule has 3 nitrogen and oxygen atoms in total. The number of benzene rings is 1. The molecule has 0 spiro atoms. The molecule has 0 saturated carbocycles. The van der Waals surface area contributed by atoms with Gasteiger partial charge < -0.3 is 15.4 Å². The lowest BCUT2D eigenvalue weighted by atomic mass is 10.1. The molecule has 1 aliphatic heterocycles. The van der Waals surface area contributed by atoms with Gasteiger partial charge in [-0.05, 0) is 63.1 Å². The highest BCUT2D eigenvalue weighted by Crippen LogP contribution is 2.25. The first kappa shape index (κ1) is 13.4. The zero-order chi connectivity index (χ0) is 12.6. The van der Waals surface area contributed by atoms with Crippen LogP contribution in [0.5, 0.6) is 5.75 Å². The van der Waals surface area contributed by atoms with Crippen LogP contribution >= 0.6 is 0 Å². The Balaban J connectivity index is 1.62. The van der Waals surface area contributed by atoms with Crippen molar-refractivity contribution in [2.24, 2.45) is 0 Å². The zero-order valence-electron chi connectivity index (χ0n) is 11.3. The first-order chi connectivity index (χ1) is 8.90. The van der Waals surface area contributed by atoms with E-state index in [0.29, 0.717) is 0 Å². The third kappa shape index (κ3) is 4.00. The van der Waals surface area contributed by atoms with E-state index < -0.39 is 0 Å². The monoisotopic (exact) mass is 248 g/mol. The Morgan fingerprint density at radius 1 is 1.17 bits per heavy atom. The number of fused-ring (bicyclic) bond motifs is 1. The molecule has 0 amide bonds. The Kier molecular flexibility index (Phi) is 5.49. The van der Waals surface area contributed by atoms with Gasteiger partial charge in [-0.3, -0.25) is 0 Å². The number of hydrogen-bond acceptors (Lipinski definition) is 3. The second-order valence-electron chi connectivity index (χ2n) is 4.85. The molecule has 0 aromatic heterocycles. The highest BCUT2D eigenvalue weighted by atomic mass is 16.5. The number of ether oxygens (including phenoxy) is 1. The second kappa shape index (κ2) is 7.39. The maximum atomic E-state index is 5.51. The van der Waals surface area contributed by atoms with Crippen LogP contribution in [0.1, 0.15) is 24.0 Å². The summed E-state index contributed by atoms with van der Waals surface area (Å²) in [5, 5.41) is 6.67. The fourth-order valence-corrected chi connectivity index (χ4v) is 2.30. The summed E-state index contributed by atoms with van der Waals surface area (Å²) in [6.07, 6.45) is 4.68. The van der Waals surface area contributed by atoms with Gasteiger partial charge >= 0.3 is 0 Å². The molecule has 0 unspecified atom stereocenters. The van der Waals surface area contributed by atoms with E-state index in [4.69, 9.17) is 4.74 Å². The van der Waals surface area contributed by atoms with Gasteiger partial charge in [-0.15, -0.1) is 0 Å². The molecule has 1 aliphatic rings. The number of rotatable bonds is 8. The third-order valence-corrected chi connectivity index (χ3v) is 3.37. The van der Waals surface area contributed by atoms with Gasteiger partial charge in [-0.25, -0.2) is 0 Å². The minimum atomic E-state index is 0.850. The molecule has 0 fully saturated rings. The first-order valence-corrected chi connectivity index (χ1v) is 7.00. The lowest BCUT2D eigenvalue weighted by Crippen LogP contribution is -2.19. The van der Waals surface area contributed by atoms with Gasteiger partial charge in [-0.1, -0.05) is 12.1 Å². The van der Waals surface area contributed by atoms with Gasteiger partial charge in [0.2, 0.25) is 0 Å². The van der Waals surface area contributed by atoms with Crippen LogP contribution < -0.4 is 15.4 Å². The maximum Gasteiger partial charge on any atom is 0.122 e. The maximum absolute atomic E-state index is 5.51. The average molecular weight is 248 g/mol. The molecule has 1 heterocycles. The molecule has 0 aliphatic carbocycles. The quantitative estimate of drug-likeness (QED) is 0.688. The van der Waals surface area contributed by atoms with E-state index in [-0.39, 0.29) is 0 Å². The predicted molar refractivity (Wildman–Crippen MR) is 75.4 cm³/mol. The van der Waals surface area contributed by atoms with Crippen LogP contribution in [0.3, 0.4) is 0 Å². The normalized spacial score (nSPS) is 13.4. The summed E-state index contributed by atoms with van der Waals surface area (Å²) in [6.45, 7) is 4.16. The minimum Gasteiger partial charge on any atom is -0.493 e. The molecular formula is C15H24N2O. The lowest BCUT2D eigenvalue weighted by molar-refractivity contribution is 0.357. The van der Waals surface area contributed by atoms with Crippen LogP contribution in [-0.2, 0) is 12.8 Å². The molecule has 3 heteroatoms. The average Bonchev–Trinajstić information content (AvgIpc) is 2.85. The molecular weight excluding hydrogens is 224 g/mol. The van der Waals surface area contributed by atoms with E-state index >= 15 is 0 Å². The standard InChI is InChI=1S/C15H24N2O/c1-16-8-2-3-9-17-10-6-13-4-5-15-14(12-13)7-11-18-15/h4-5,12,16-17H,2-3,6-11H2,1H3. The Labute approximate surface area is 110 Å². The SMILES string of the molecule is CNCCCCNCCc1ccc2c(c1)CCO2. The largest absolute Gasteiger partial charge is 0.493 e. The van der Waals surface area contributed by atoms with Crippen LogP contribution in [0.25, 0.3) is 0 Å². The van der Waals surface area contributed by atoms with Gasteiger partial charge in [-0.2, -0.15) is 0 Å². The van der Waals surface area contributed by atoms with Crippen molar-refractivity contribution in [3.63, 3.8) is 0 Å². The lowest BCUT2D eigenvalue weighted by Gasteiger charge is -2.06. The summed E-state index contributed by atoms with van der Waals surface area (Å²) in [5.41, 5.74) is 2.79. The Hall–Kier alpha value is -1.06.